The van der Waals surface area contributed by atoms with Gasteiger partial charge in [-0.15, -0.1) is 0 Å². The van der Waals surface area contributed by atoms with E-state index in [9.17, 15) is 0 Å². The maximum atomic E-state index is 6.27. The highest BCUT2D eigenvalue weighted by atomic mass is 79.9. The van der Waals surface area contributed by atoms with E-state index in [-0.39, 0.29) is 6.04 Å². The van der Waals surface area contributed by atoms with Crippen molar-refractivity contribution in [3.05, 3.63) is 67.6 Å². The molecule has 1 unspecified atom stereocenters. The number of nitrogens with one attached hydrogen (secondary N) is 1. The van der Waals surface area contributed by atoms with Crippen molar-refractivity contribution >= 4 is 43.5 Å². The average molecular weight is 418 g/mol. The van der Waals surface area contributed by atoms with Gasteiger partial charge in [0.1, 0.15) is 0 Å². The molecule has 2 aromatic rings. The summed E-state index contributed by atoms with van der Waals surface area (Å²) < 4.78 is 2.17. The summed E-state index contributed by atoms with van der Waals surface area (Å²) >= 11 is 13.4. The number of hydrogen-bond donors (Lipinski definition) is 1. The highest BCUT2D eigenvalue weighted by molar-refractivity contribution is 9.11. The lowest BCUT2D eigenvalue weighted by atomic mass is 9.99. The molecule has 2 aromatic carbocycles. The zero-order valence-electron chi connectivity index (χ0n) is 11.2. The van der Waals surface area contributed by atoms with Crippen molar-refractivity contribution in [1.29, 1.82) is 0 Å². The van der Waals surface area contributed by atoms with Gasteiger partial charge in [-0.25, -0.2) is 0 Å². The smallest absolute Gasteiger partial charge is 0.0438 e. The molecule has 0 fully saturated rings. The second-order valence-corrected chi connectivity index (χ2v) is 6.75. The molecule has 0 bridgehead atoms. The van der Waals surface area contributed by atoms with Crippen LogP contribution in [-0.2, 0) is 6.42 Å². The van der Waals surface area contributed by atoms with E-state index in [0.29, 0.717) is 0 Å². The number of likely N-dealkylation sites (N-methyl/N-ethyl adjacent to an activating group) is 1. The van der Waals surface area contributed by atoms with Crippen LogP contribution in [0, 0.1) is 0 Å². The van der Waals surface area contributed by atoms with Crippen molar-refractivity contribution < 1.29 is 0 Å². The Labute approximate surface area is 142 Å². The van der Waals surface area contributed by atoms with Crippen LogP contribution >= 0.6 is 43.5 Å². The van der Waals surface area contributed by atoms with Gasteiger partial charge in [0, 0.05) is 20.0 Å². The minimum atomic E-state index is 0.238. The van der Waals surface area contributed by atoms with Crippen molar-refractivity contribution in [2.24, 2.45) is 0 Å². The summed E-state index contributed by atoms with van der Waals surface area (Å²) in [5.41, 5.74) is 2.41. The Hall–Kier alpha value is -0.350. The minimum Gasteiger partial charge on any atom is -0.310 e. The van der Waals surface area contributed by atoms with Crippen LogP contribution in [0.4, 0.5) is 0 Å². The van der Waals surface area contributed by atoms with Gasteiger partial charge in [-0.05, 0) is 42.3 Å². The maximum Gasteiger partial charge on any atom is 0.0438 e. The summed E-state index contributed by atoms with van der Waals surface area (Å²) in [6.07, 6.45) is 0.869. The Kier molecular flexibility index (Phi) is 6.09. The third-order valence-electron chi connectivity index (χ3n) is 3.17. The first-order valence-corrected chi connectivity index (χ1v) is 8.50. The predicted octanol–water partition coefficient (Wildman–Crippen LogP) is 5.76. The molecule has 1 nitrogen and oxygen atoms in total. The van der Waals surface area contributed by atoms with Gasteiger partial charge in [-0.3, -0.25) is 0 Å². The van der Waals surface area contributed by atoms with Gasteiger partial charge in [0.2, 0.25) is 0 Å². The van der Waals surface area contributed by atoms with Gasteiger partial charge in [0.15, 0.2) is 0 Å². The Morgan fingerprint density at radius 3 is 2.55 bits per heavy atom. The molecule has 1 N–H and O–H groups in total. The van der Waals surface area contributed by atoms with Gasteiger partial charge < -0.3 is 5.32 Å². The molecule has 0 aliphatic rings. The van der Waals surface area contributed by atoms with Crippen LogP contribution < -0.4 is 5.32 Å². The summed E-state index contributed by atoms with van der Waals surface area (Å²) in [4.78, 5) is 0. The molecule has 0 aliphatic carbocycles. The average Bonchev–Trinajstić information content (AvgIpc) is 2.41. The molecule has 0 saturated heterocycles. The minimum absolute atomic E-state index is 0.238. The molecular weight excluding hydrogens is 401 g/mol. The Balaban J connectivity index is 2.29. The fourth-order valence-electron chi connectivity index (χ4n) is 2.21. The first-order chi connectivity index (χ1) is 9.61. The summed E-state index contributed by atoms with van der Waals surface area (Å²) in [6, 6.07) is 14.5. The fourth-order valence-corrected chi connectivity index (χ4v) is 3.74. The molecule has 0 amide bonds. The summed E-state index contributed by atoms with van der Waals surface area (Å²) in [7, 11) is 0. The highest BCUT2D eigenvalue weighted by Crippen LogP contribution is 2.30. The second-order valence-electron chi connectivity index (χ2n) is 4.57. The first-order valence-electron chi connectivity index (χ1n) is 6.53. The first kappa shape index (κ1) is 16.0. The van der Waals surface area contributed by atoms with E-state index in [1.54, 1.807) is 0 Å². The van der Waals surface area contributed by atoms with Crippen LogP contribution in [-0.4, -0.2) is 6.54 Å². The molecule has 0 spiro atoms. The van der Waals surface area contributed by atoms with Crippen LogP contribution in [0.15, 0.2) is 51.4 Å². The van der Waals surface area contributed by atoms with E-state index >= 15 is 0 Å². The van der Waals surface area contributed by atoms with Gasteiger partial charge in [-0.1, -0.05) is 74.7 Å². The molecule has 0 heterocycles. The van der Waals surface area contributed by atoms with Crippen LogP contribution in [0.3, 0.4) is 0 Å². The summed E-state index contributed by atoms with van der Waals surface area (Å²) in [5, 5.41) is 4.35. The van der Waals surface area contributed by atoms with Gasteiger partial charge in [0.05, 0.1) is 0 Å². The third-order valence-corrected chi connectivity index (χ3v) is 4.72. The van der Waals surface area contributed by atoms with Crippen molar-refractivity contribution in [3.8, 4) is 0 Å². The van der Waals surface area contributed by atoms with E-state index in [1.165, 1.54) is 5.56 Å². The van der Waals surface area contributed by atoms with Crippen LogP contribution in [0.2, 0.25) is 5.02 Å². The lowest BCUT2D eigenvalue weighted by Crippen LogP contribution is -2.23. The molecular formula is C16H16Br2ClN. The highest BCUT2D eigenvalue weighted by Gasteiger charge is 2.15. The van der Waals surface area contributed by atoms with E-state index in [1.807, 2.05) is 18.2 Å². The maximum absolute atomic E-state index is 6.27. The van der Waals surface area contributed by atoms with Gasteiger partial charge in [0.25, 0.3) is 0 Å². The lowest BCUT2D eigenvalue weighted by Gasteiger charge is -2.20. The Morgan fingerprint density at radius 1 is 1.15 bits per heavy atom. The summed E-state index contributed by atoms with van der Waals surface area (Å²) in [5.74, 6) is 0. The van der Waals surface area contributed by atoms with E-state index < -0.39 is 0 Å². The fraction of sp³-hybridized carbons (Fsp3) is 0.250. The standard InChI is InChI=1S/C16H16Br2ClN/c1-2-20-16(9-11-5-3-4-6-15(11)19)13-8-7-12(17)10-14(13)18/h3-8,10,16,20H,2,9H2,1H3. The normalized spacial score (nSPS) is 12.4. The molecule has 106 valence electrons. The van der Waals surface area contributed by atoms with Gasteiger partial charge >= 0.3 is 0 Å². The predicted molar refractivity (Wildman–Crippen MR) is 93.4 cm³/mol. The van der Waals surface area contributed by atoms with Crippen LogP contribution in [0.5, 0.6) is 0 Å². The lowest BCUT2D eigenvalue weighted by molar-refractivity contribution is 0.548. The van der Waals surface area contributed by atoms with E-state index in [2.05, 4.69) is 68.4 Å². The van der Waals surface area contributed by atoms with Gasteiger partial charge in [-0.2, -0.15) is 0 Å². The molecule has 20 heavy (non-hydrogen) atoms. The van der Waals surface area contributed by atoms with Crippen molar-refractivity contribution in [3.63, 3.8) is 0 Å². The molecule has 0 saturated carbocycles. The zero-order valence-corrected chi connectivity index (χ0v) is 15.1. The number of benzene rings is 2. The molecule has 0 aliphatic heterocycles. The van der Waals surface area contributed by atoms with E-state index in [4.69, 9.17) is 11.6 Å². The summed E-state index contributed by atoms with van der Waals surface area (Å²) in [6.45, 7) is 3.03. The SMILES string of the molecule is CCNC(Cc1ccccc1Cl)c1ccc(Br)cc1Br. The molecule has 0 radical (unpaired) electrons. The largest absolute Gasteiger partial charge is 0.310 e. The van der Waals surface area contributed by atoms with Crippen molar-refractivity contribution in [2.75, 3.05) is 6.54 Å². The number of rotatable bonds is 5. The monoisotopic (exact) mass is 415 g/mol. The zero-order chi connectivity index (χ0) is 14.5. The van der Waals surface area contributed by atoms with Crippen molar-refractivity contribution in [2.45, 2.75) is 19.4 Å². The quantitative estimate of drug-likeness (QED) is 0.652. The molecule has 4 heteroatoms. The molecule has 1 atom stereocenters. The second kappa shape index (κ2) is 7.60. The third kappa shape index (κ3) is 4.08. The Morgan fingerprint density at radius 2 is 1.90 bits per heavy atom. The Bertz CT molecular complexity index is 586. The molecule has 2 rings (SSSR count). The van der Waals surface area contributed by atoms with E-state index in [0.717, 1.165) is 32.5 Å². The van der Waals surface area contributed by atoms with Crippen molar-refractivity contribution in [1.82, 2.24) is 5.32 Å². The number of hydrogen-bond acceptors (Lipinski definition) is 1. The number of halogens is 3. The van der Waals surface area contributed by atoms with Crippen LogP contribution in [0.1, 0.15) is 24.1 Å². The van der Waals surface area contributed by atoms with Crippen LogP contribution in [0.25, 0.3) is 0 Å². The topological polar surface area (TPSA) is 12.0 Å². The molecule has 0 aromatic heterocycles.